The molecule has 0 radical (unpaired) electrons. The van der Waals surface area contributed by atoms with Crippen LogP contribution in [0.3, 0.4) is 0 Å². The Bertz CT molecular complexity index is 720. The summed E-state index contributed by atoms with van der Waals surface area (Å²) < 4.78 is 10.2. The predicted octanol–water partition coefficient (Wildman–Crippen LogP) is 2.39. The van der Waals surface area contributed by atoms with Crippen molar-refractivity contribution >= 4 is 17.6 Å². The fourth-order valence-electron chi connectivity index (χ4n) is 2.58. The van der Waals surface area contributed by atoms with Crippen molar-refractivity contribution in [2.24, 2.45) is 5.92 Å². The molecule has 23 heavy (non-hydrogen) atoms. The second kappa shape index (κ2) is 6.24. The number of carbonyl (C=O) groups is 2. The van der Waals surface area contributed by atoms with Gasteiger partial charge in [-0.3, -0.25) is 9.59 Å². The fraction of sp³-hybridized carbons (Fsp3) is 0.353. The van der Waals surface area contributed by atoms with Crippen LogP contribution in [0.1, 0.15) is 23.4 Å². The van der Waals surface area contributed by atoms with Crippen molar-refractivity contribution in [3.8, 4) is 0 Å². The van der Waals surface area contributed by atoms with Crippen LogP contribution in [0.4, 0.5) is 5.69 Å². The van der Waals surface area contributed by atoms with Crippen molar-refractivity contribution in [3.05, 3.63) is 47.3 Å². The van der Waals surface area contributed by atoms with Crippen molar-refractivity contribution in [1.82, 2.24) is 5.16 Å². The van der Waals surface area contributed by atoms with Crippen LogP contribution in [-0.2, 0) is 20.9 Å². The van der Waals surface area contributed by atoms with Gasteiger partial charge < -0.3 is 14.2 Å². The van der Waals surface area contributed by atoms with Crippen molar-refractivity contribution in [2.45, 2.75) is 26.9 Å². The van der Waals surface area contributed by atoms with Gasteiger partial charge in [0, 0.05) is 24.7 Å². The molecule has 6 heteroatoms. The molecule has 1 saturated heterocycles. The van der Waals surface area contributed by atoms with Crippen LogP contribution in [0.15, 0.2) is 34.9 Å². The molecule has 0 unspecified atom stereocenters. The molecule has 2 aromatic rings. The summed E-state index contributed by atoms with van der Waals surface area (Å²) in [5.74, 6) is -0.406. The first-order chi connectivity index (χ1) is 11.0. The van der Waals surface area contributed by atoms with E-state index in [1.54, 1.807) is 17.9 Å². The fourth-order valence-corrected chi connectivity index (χ4v) is 2.58. The molecule has 0 saturated carbocycles. The van der Waals surface area contributed by atoms with Gasteiger partial charge >= 0.3 is 5.97 Å². The molecule has 0 N–H and O–H groups in total. The van der Waals surface area contributed by atoms with Gasteiger partial charge in [-0.25, -0.2) is 0 Å². The lowest BCUT2D eigenvalue weighted by Crippen LogP contribution is -2.26. The van der Waals surface area contributed by atoms with Gasteiger partial charge in [-0.15, -0.1) is 0 Å². The van der Waals surface area contributed by atoms with Gasteiger partial charge in [0.1, 0.15) is 0 Å². The van der Waals surface area contributed by atoms with Gasteiger partial charge in [0.2, 0.25) is 5.91 Å². The van der Waals surface area contributed by atoms with Crippen LogP contribution in [-0.4, -0.2) is 23.6 Å². The van der Waals surface area contributed by atoms with Crippen LogP contribution >= 0.6 is 0 Å². The van der Waals surface area contributed by atoms with Crippen LogP contribution in [0.2, 0.25) is 0 Å². The molecule has 1 amide bonds. The summed E-state index contributed by atoms with van der Waals surface area (Å²) in [6, 6.07) is 9.38. The van der Waals surface area contributed by atoms with E-state index in [1.807, 2.05) is 31.2 Å². The van der Waals surface area contributed by atoms with Gasteiger partial charge in [0.15, 0.2) is 12.4 Å². The largest absolute Gasteiger partial charge is 0.457 e. The summed E-state index contributed by atoms with van der Waals surface area (Å²) in [5.41, 5.74) is 2.66. The SMILES string of the molecule is Cc1ccc(N2C[C@@H](C(=O)OCc3cc(C)no3)CC2=O)cc1. The molecular formula is C17H18N2O4. The first kappa shape index (κ1) is 15.3. The van der Waals surface area contributed by atoms with Crippen LogP contribution in [0.25, 0.3) is 0 Å². The quantitative estimate of drug-likeness (QED) is 0.810. The number of amides is 1. The number of hydrogen-bond acceptors (Lipinski definition) is 5. The number of hydrogen-bond donors (Lipinski definition) is 0. The molecular weight excluding hydrogens is 296 g/mol. The van der Waals surface area contributed by atoms with Crippen molar-refractivity contribution in [1.29, 1.82) is 0 Å². The summed E-state index contributed by atoms with van der Waals surface area (Å²) in [5, 5.41) is 3.73. The molecule has 3 rings (SSSR count). The Balaban J connectivity index is 1.60. The minimum Gasteiger partial charge on any atom is -0.457 e. The normalized spacial score (nSPS) is 17.6. The number of esters is 1. The van der Waals surface area contributed by atoms with Crippen LogP contribution in [0.5, 0.6) is 0 Å². The lowest BCUT2D eigenvalue weighted by molar-refractivity contribution is -0.150. The molecule has 1 aliphatic heterocycles. The molecule has 0 aliphatic carbocycles. The maximum Gasteiger partial charge on any atom is 0.311 e. The van der Waals surface area contributed by atoms with E-state index in [9.17, 15) is 9.59 Å². The smallest absolute Gasteiger partial charge is 0.311 e. The zero-order chi connectivity index (χ0) is 16.4. The Kier molecular flexibility index (Phi) is 4.14. The van der Waals surface area contributed by atoms with E-state index in [0.717, 1.165) is 16.9 Å². The number of anilines is 1. The summed E-state index contributed by atoms with van der Waals surface area (Å²) in [7, 11) is 0. The van der Waals surface area contributed by atoms with Crippen LogP contribution < -0.4 is 4.90 Å². The van der Waals surface area contributed by atoms with Crippen molar-refractivity contribution in [3.63, 3.8) is 0 Å². The average Bonchev–Trinajstić information content (AvgIpc) is 3.12. The van der Waals surface area contributed by atoms with E-state index in [2.05, 4.69) is 5.16 Å². The zero-order valence-corrected chi connectivity index (χ0v) is 13.1. The highest BCUT2D eigenvalue weighted by molar-refractivity contribution is 5.99. The second-order valence-corrected chi connectivity index (χ2v) is 5.78. The average molecular weight is 314 g/mol. The number of aromatic nitrogens is 1. The molecule has 0 spiro atoms. The zero-order valence-electron chi connectivity index (χ0n) is 13.1. The molecule has 0 bridgehead atoms. The predicted molar refractivity (Wildman–Crippen MR) is 82.7 cm³/mol. The molecule has 1 atom stereocenters. The first-order valence-corrected chi connectivity index (χ1v) is 7.49. The van der Waals surface area contributed by atoms with Gasteiger partial charge in [0.05, 0.1) is 11.6 Å². The van der Waals surface area contributed by atoms with E-state index in [0.29, 0.717) is 12.3 Å². The molecule has 1 fully saturated rings. The van der Waals surface area contributed by atoms with Crippen LogP contribution in [0, 0.1) is 19.8 Å². The third-order valence-electron chi connectivity index (χ3n) is 3.84. The Hall–Kier alpha value is -2.63. The summed E-state index contributed by atoms with van der Waals surface area (Å²) in [6.45, 7) is 4.16. The molecule has 1 aromatic heterocycles. The highest BCUT2D eigenvalue weighted by Gasteiger charge is 2.36. The molecule has 1 aromatic carbocycles. The van der Waals surface area contributed by atoms with Gasteiger partial charge in [-0.1, -0.05) is 22.9 Å². The van der Waals surface area contributed by atoms with Gasteiger partial charge in [-0.05, 0) is 26.0 Å². The van der Waals surface area contributed by atoms with Crippen molar-refractivity contribution in [2.75, 3.05) is 11.4 Å². The summed E-state index contributed by atoms with van der Waals surface area (Å²) in [4.78, 5) is 25.9. The number of carbonyl (C=O) groups excluding carboxylic acids is 2. The van der Waals surface area contributed by atoms with E-state index < -0.39 is 5.92 Å². The highest BCUT2D eigenvalue weighted by Crippen LogP contribution is 2.26. The van der Waals surface area contributed by atoms with E-state index in [4.69, 9.17) is 9.26 Å². The van der Waals surface area contributed by atoms with E-state index in [1.165, 1.54) is 0 Å². The maximum atomic E-state index is 12.1. The Morgan fingerprint density at radius 1 is 1.35 bits per heavy atom. The minimum absolute atomic E-state index is 0.0366. The topological polar surface area (TPSA) is 72.6 Å². The second-order valence-electron chi connectivity index (χ2n) is 5.78. The summed E-state index contributed by atoms with van der Waals surface area (Å²) in [6.07, 6.45) is 0.169. The molecule has 6 nitrogen and oxygen atoms in total. The van der Waals surface area contributed by atoms with Gasteiger partial charge in [0.25, 0.3) is 0 Å². The highest BCUT2D eigenvalue weighted by atomic mass is 16.5. The monoisotopic (exact) mass is 314 g/mol. The van der Waals surface area contributed by atoms with E-state index in [-0.39, 0.29) is 24.9 Å². The van der Waals surface area contributed by atoms with Gasteiger partial charge in [-0.2, -0.15) is 0 Å². The molecule has 1 aliphatic rings. The Morgan fingerprint density at radius 2 is 2.09 bits per heavy atom. The number of aryl methyl sites for hydroxylation is 2. The summed E-state index contributed by atoms with van der Waals surface area (Å²) >= 11 is 0. The van der Waals surface area contributed by atoms with E-state index >= 15 is 0 Å². The Labute approximate surface area is 134 Å². The standard InChI is InChI=1S/C17H18N2O4/c1-11-3-5-14(6-4-11)19-9-13(8-16(19)20)17(21)22-10-15-7-12(2)18-23-15/h3-7,13H,8-10H2,1-2H3/t13-/m0/s1. The molecule has 120 valence electrons. The number of nitrogens with zero attached hydrogens (tertiary/aromatic N) is 2. The third kappa shape index (κ3) is 3.41. The number of benzene rings is 1. The lowest BCUT2D eigenvalue weighted by atomic mass is 10.1. The molecule has 2 heterocycles. The minimum atomic E-state index is -0.451. The Morgan fingerprint density at radius 3 is 2.74 bits per heavy atom. The maximum absolute atomic E-state index is 12.1. The number of ether oxygens (including phenoxy) is 1. The first-order valence-electron chi connectivity index (χ1n) is 7.49. The number of rotatable bonds is 4. The van der Waals surface area contributed by atoms with Crippen molar-refractivity contribution < 1.29 is 18.8 Å². The third-order valence-corrected chi connectivity index (χ3v) is 3.84. The lowest BCUT2D eigenvalue weighted by Gasteiger charge is -2.16.